The van der Waals surface area contributed by atoms with E-state index >= 15 is 0 Å². The first-order chi connectivity index (χ1) is 13.0. The molecule has 0 bridgehead atoms. The zero-order chi connectivity index (χ0) is 19.5. The first-order valence-electron chi connectivity index (χ1n) is 8.57. The van der Waals surface area contributed by atoms with Gasteiger partial charge < -0.3 is 15.4 Å². The highest BCUT2D eigenvalue weighted by Gasteiger charge is 2.34. The third-order valence-electron chi connectivity index (χ3n) is 3.42. The third kappa shape index (κ3) is 7.12. The van der Waals surface area contributed by atoms with E-state index in [1.165, 1.54) is 12.3 Å². The first-order valence-corrected chi connectivity index (χ1v) is 8.57. The molecule has 0 saturated carbocycles. The van der Waals surface area contributed by atoms with Crippen LogP contribution in [0.3, 0.4) is 0 Å². The summed E-state index contributed by atoms with van der Waals surface area (Å²) in [5.74, 6) is 0.137. The zero-order valence-electron chi connectivity index (χ0n) is 15.0. The molecule has 9 heteroatoms. The molecule has 0 aliphatic rings. The second-order valence-electron chi connectivity index (χ2n) is 5.46. The highest BCUT2D eigenvalue weighted by Crippen LogP contribution is 2.34. The molecular formula is C18H22F3N5O. The fourth-order valence-corrected chi connectivity index (χ4v) is 2.21. The highest BCUT2D eigenvalue weighted by atomic mass is 19.4. The van der Waals surface area contributed by atoms with Crippen molar-refractivity contribution < 1.29 is 17.9 Å². The van der Waals surface area contributed by atoms with Crippen LogP contribution in [0.5, 0.6) is 5.88 Å². The highest BCUT2D eigenvalue weighted by molar-refractivity contribution is 5.79. The van der Waals surface area contributed by atoms with Crippen molar-refractivity contribution in [3.63, 3.8) is 0 Å². The number of pyridine rings is 2. The largest absolute Gasteiger partial charge is 0.475 e. The molecule has 0 saturated heterocycles. The lowest BCUT2D eigenvalue weighted by Gasteiger charge is -2.14. The van der Waals surface area contributed by atoms with Crippen LogP contribution >= 0.6 is 0 Å². The fraction of sp³-hybridized carbons (Fsp3) is 0.389. The van der Waals surface area contributed by atoms with Gasteiger partial charge in [0.2, 0.25) is 5.88 Å². The van der Waals surface area contributed by atoms with E-state index in [1.807, 2.05) is 25.1 Å². The first kappa shape index (κ1) is 20.5. The third-order valence-corrected chi connectivity index (χ3v) is 3.42. The number of alkyl halides is 3. The number of hydrogen-bond acceptors (Lipinski definition) is 4. The lowest BCUT2D eigenvalue weighted by molar-refractivity contribution is -0.139. The van der Waals surface area contributed by atoms with Gasteiger partial charge in [-0.25, -0.2) is 4.98 Å². The Hall–Kier alpha value is -2.84. The van der Waals surface area contributed by atoms with E-state index in [1.54, 1.807) is 6.20 Å². The van der Waals surface area contributed by atoms with Gasteiger partial charge in [0.15, 0.2) is 5.96 Å². The van der Waals surface area contributed by atoms with Gasteiger partial charge >= 0.3 is 6.18 Å². The van der Waals surface area contributed by atoms with Gasteiger partial charge in [-0.2, -0.15) is 13.2 Å². The number of rotatable bonds is 8. The molecule has 0 aliphatic carbocycles. The van der Waals surface area contributed by atoms with Gasteiger partial charge in [0.25, 0.3) is 0 Å². The maximum Gasteiger partial charge on any atom is 0.421 e. The number of ether oxygens (including phenoxy) is 1. The summed E-state index contributed by atoms with van der Waals surface area (Å²) < 4.78 is 43.9. The molecule has 2 rings (SSSR count). The van der Waals surface area contributed by atoms with Crippen LogP contribution in [0, 0.1) is 0 Å². The van der Waals surface area contributed by atoms with Crippen LogP contribution in [0.4, 0.5) is 13.2 Å². The van der Waals surface area contributed by atoms with Crippen LogP contribution in [0.2, 0.25) is 0 Å². The molecule has 0 fully saturated rings. The number of aliphatic imine (C=N–C) groups is 1. The minimum Gasteiger partial charge on any atom is -0.475 e. The molecule has 146 valence electrons. The summed E-state index contributed by atoms with van der Waals surface area (Å²) in [7, 11) is 0. The maximum absolute atomic E-state index is 12.9. The summed E-state index contributed by atoms with van der Waals surface area (Å²) in [5, 5.41) is 6.09. The van der Waals surface area contributed by atoms with Crippen molar-refractivity contribution in [3.8, 4) is 5.88 Å². The van der Waals surface area contributed by atoms with Crippen molar-refractivity contribution in [2.45, 2.75) is 19.5 Å². The van der Waals surface area contributed by atoms with Crippen LogP contribution < -0.4 is 15.4 Å². The van der Waals surface area contributed by atoms with Gasteiger partial charge in [0.1, 0.15) is 12.2 Å². The SMILES string of the molecule is CCNC(=NCCc1ccccn1)NCCOc1ncccc1C(F)(F)F. The van der Waals surface area contributed by atoms with Crippen molar-refractivity contribution >= 4 is 5.96 Å². The molecule has 2 N–H and O–H groups in total. The molecule has 2 aromatic rings. The fourth-order valence-electron chi connectivity index (χ4n) is 2.21. The number of nitrogens with one attached hydrogen (secondary N) is 2. The van der Waals surface area contributed by atoms with E-state index in [2.05, 4.69) is 25.6 Å². The van der Waals surface area contributed by atoms with Crippen LogP contribution in [0.15, 0.2) is 47.7 Å². The molecule has 0 aliphatic heterocycles. The van der Waals surface area contributed by atoms with Gasteiger partial charge in [0.05, 0.1) is 6.54 Å². The molecule has 0 radical (unpaired) electrons. The van der Waals surface area contributed by atoms with Crippen molar-refractivity contribution in [2.24, 2.45) is 4.99 Å². The topological polar surface area (TPSA) is 71.4 Å². The Morgan fingerprint density at radius 1 is 1.11 bits per heavy atom. The van der Waals surface area contributed by atoms with E-state index in [4.69, 9.17) is 4.74 Å². The van der Waals surface area contributed by atoms with Gasteiger partial charge in [-0.3, -0.25) is 9.98 Å². The van der Waals surface area contributed by atoms with Gasteiger partial charge in [-0.15, -0.1) is 0 Å². The van der Waals surface area contributed by atoms with Crippen molar-refractivity contribution in [1.82, 2.24) is 20.6 Å². The van der Waals surface area contributed by atoms with Crippen LogP contribution in [-0.4, -0.2) is 42.2 Å². The van der Waals surface area contributed by atoms with E-state index in [0.717, 1.165) is 11.8 Å². The zero-order valence-corrected chi connectivity index (χ0v) is 15.0. The molecule has 27 heavy (non-hydrogen) atoms. The molecular weight excluding hydrogens is 359 g/mol. The Morgan fingerprint density at radius 3 is 2.63 bits per heavy atom. The average Bonchev–Trinajstić information content (AvgIpc) is 2.65. The molecule has 2 heterocycles. The summed E-state index contributed by atoms with van der Waals surface area (Å²) in [5.41, 5.74) is 0.0520. The molecule has 0 amide bonds. The smallest absolute Gasteiger partial charge is 0.421 e. The summed E-state index contributed by atoms with van der Waals surface area (Å²) in [4.78, 5) is 12.3. The molecule has 2 aromatic heterocycles. The monoisotopic (exact) mass is 381 g/mol. The van der Waals surface area contributed by atoms with Crippen LogP contribution in [0.25, 0.3) is 0 Å². The van der Waals surface area contributed by atoms with E-state index in [-0.39, 0.29) is 13.2 Å². The molecule has 0 unspecified atom stereocenters. The van der Waals surface area contributed by atoms with Gasteiger partial charge in [-0.1, -0.05) is 6.07 Å². The Balaban J connectivity index is 1.82. The van der Waals surface area contributed by atoms with Gasteiger partial charge in [-0.05, 0) is 31.2 Å². The molecule has 0 atom stereocenters. The number of hydrogen-bond donors (Lipinski definition) is 2. The number of aromatic nitrogens is 2. The number of halogens is 3. The summed E-state index contributed by atoms with van der Waals surface area (Å²) in [6, 6.07) is 7.86. The summed E-state index contributed by atoms with van der Waals surface area (Å²) >= 11 is 0. The van der Waals surface area contributed by atoms with Crippen molar-refractivity contribution in [1.29, 1.82) is 0 Å². The quantitative estimate of drug-likeness (QED) is 0.418. The van der Waals surface area contributed by atoms with E-state index in [0.29, 0.717) is 25.5 Å². The minimum atomic E-state index is -4.50. The van der Waals surface area contributed by atoms with Crippen molar-refractivity contribution in [2.75, 3.05) is 26.2 Å². The molecule has 6 nitrogen and oxygen atoms in total. The normalized spacial score (nSPS) is 11.9. The minimum absolute atomic E-state index is 0.0186. The van der Waals surface area contributed by atoms with E-state index < -0.39 is 17.6 Å². The summed E-state index contributed by atoms with van der Waals surface area (Å²) in [6.07, 6.45) is -0.816. The average molecular weight is 381 g/mol. The lowest BCUT2D eigenvalue weighted by atomic mass is 10.2. The Kier molecular flexibility index (Phi) is 7.84. The van der Waals surface area contributed by atoms with E-state index in [9.17, 15) is 13.2 Å². The Labute approximate surface area is 155 Å². The van der Waals surface area contributed by atoms with Crippen LogP contribution in [0.1, 0.15) is 18.2 Å². The predicted molar refractivity (Wildman–Crippen MR) is 96.7 cm³/mol. The standard InChI is InChI=1S/C18H22F3N5O/c1-2-22-17(25-11-8-14-6-3-4-9-23-14)26-12-13-27-16-15(18(19,20)21)7-5-10-24-16/h3-7,9-10H,2,8,11-13H2,1H3,(H2,22,25,26). The Bertz CT molecular complexity index is 722. The second-order valence-corrected chi connectivity index (χ2v) is 5.46. The Morgan fingerprint density at radius 2 is 1.93 bits per heavy atom. The number of nitrogens with zero attached hydrogens (tertiary/aromatic N) is 3. The van der Waals surface area contributed by atoms with Crippen molar-refractivity contribution in [3.05, 3.63) is 54.0 Å². The molecule has 0 spiro atoms. The maximum atomic E-state index is 12.9. The molecule has 0 aromatic carbocycles. The predicted octanol–water partition coefficient (Wildman–Crippen LogP) is 2.67. The second kappa shape index (κ2) is 10.3. The van der Waals surface area contributed by atoms with Crippen LogP contribution in [-0.2, 0) is 12.6 Å². The lowest BCUT2D eigenvalue weighted by Crippen LogP contribution is -2.39. The number of guanidine groups is 1. The summed E-state index contributed by atoms with van der Waals surface area (Å²) in [6.45, 7) is 3.42. The van der Waals surface area contributed by atoms with Gasteiger partial charge in [0, 0.05) is 37.6 Å².